The van der Waals surface area contributed by atoms with E-state index in [2.05, 4.69) is 66.3 Å². The van der Waals surface area contributed by atoms with Crippen molar-refractivity contribution in [1.82, 2.24) is 5.32 Å². The van der Waals surface area contributed by atoms with Crippen LogP contribution >= 0.6 is 15.9 Å². The second kappa shape index (κ2) is 8.71. The van der Waals surface area contributed by atoms with Crippen LogP contribution in [0, 0.1) is 5.92 Å². The number of hydrogen-bond acceptors (Lipinski definition) is 1. The van der Waals surface area contributed by atoms with Crippen LogP contribution in [0.4, 0.5) is 0 Å². The number of nitrogens with one attached hydrogen (secondary N) is 1. The molecule has 1 atom stereocenters. The van der Waals surface area contributed by atoms with Crippen molar-refractivity contribution in [3.05, 3.63) is 34.3 Å². The third-order valence-corrected chi connectivity index (χ3v) is 4.45. The molecule has 102 valence electrons. The van der Waals surface area contributed by atoms with Crippen molar-refractivity contribution in [1.29, 1.82) is 0 Å². The van der Waals surface area contributed by atoms with E-state index in [9.17, 15) is 0 Å². The van der Waals surface area contributed by atoms with Gasteiger partial charge in [-0.1, -0.05) is 67.7 Å². The van der Waals surface area contributed by atoms with E-state index >= 15 is 0 Å². The largest absolute Gasteiger partial charge is 0.313 e. The summed E-state index contributed by atoms with van der Waals surface area (Å²) in [6.07, 6.45) is 4.82. The molecule has 0 saturated carbocycles. The van der Waals surface area contributed by atoms with E-state index in [1.165, 1.54) is 29.3 Å². The number of halogens is 1. The molecule has 0 radical (unpaired) electrons. The summed E-state index contributed by atoms with van der Waals surface area (Å²) in [5.41, 5.74) is 1.41. The van der Waals surface area contributed by atoms with Gasteiger partial charge in [0.25, 0.3) is 0 Å². The average Bonchev–Trinajstić information content (AvgIpc) is 2.39. The van der Waals surface area contributed by atoms with Crippen molar-refractivity contribution in [2.75, 3.05) is 6.54 Å². The van der Waals surface area contributed by atoms with Crippen molar-refractivity contribution in [2.45, 2.75) is 52.5 Å². The van der Waals surface area contributed by atoms with Gasteiger partial charge in [0, 0.05) is 10.5 Å². The zero-order valence-electron chi connectivity index (χ0n) is 11.9. The van der Waals surface area contributed by atoms with Crippen LogP contribution in [0.3, 0.4) is 0 Å². The van der Waals surface area contributed by atoms with Crippen LogP contribution < -0.4 is 5.32 Å². The van der Waals surface area contributed by atoms with E-state index in [0.717, 1.165) is 18.9 Å². The third kappa shape index (κ3) is 4.74. The lowest BCUT2D eigenvalue weighted by Gasteiger charge is -2.27. The Kier molecular flexibility index (Phi) is 7.60. The molecule has 1 aromatic carbocycles. The van der Waals surface area contributed by atoms with Crippen molar-refractivity contribution < 1.29 is 0 Å². The van der Waals surface area contributed by atoms with E-state index in [1.807, 2.05) is 0 Å². The maximum atomic E-state index is 3.73. The summed E-state index contributed by atoms with van der Waals surface area (Å²) in [5.74, 6) is 0.767. The molecule has 1 rings (SSSR count). The molecule has 0 amide bonds. The molecule has 0 aromatic heterocycles. The first-order chi connectivity index (χ1) is 8.72. The molecule has 0 aliphatic rings. The Hall–Kier alpha value is -0.340. The van der Waals surface area contributed by atoms with Crippen LogP contribution in [0.15, 0.2) is 28.7 Å². The van der Waals surface area contributed by atoms with Crippen molar-refractivity contribution in [3.63, 3.8) is 0 Å². The monoisotopic (exact) mass is 311 g/mol. The summed E-state index contributed by atoms with van der Waals surface area (Å²) in [5, 5.41) is 3.73. The maximum absolute atomic E-state index is 3.73. The molecule has 0 bridgehead atoms. The fourth-order valence-corrected chi connectivity index (χ4v) is 2.94. The van der Waals surface area contributed by atoms with Gasteiger partial charge in [-0.3, -0.25) is 0 Å². The highest BCUT2D eigenvalue weighted by Crippen LogP contribution is 2.22. The van der Waals surface area contributed by atoms with E-state index in [4.69, 9.17) is 0 Å². The normalized spacial score (nSPS) is 12.9. The van der Waals surface area contributed by atoms with Crippen molar-refractivity contribution in [3.8, 4) is 0 Å². The Morgan fingerprint density at radius 1 is 1.11 bits per heavy atom. The second-order valence-electron chi connectivity index (χ2n) is 4.93. The standard InChI is InChI=1S/C16H26BrN/c1-4-11-18-16(13(5-2)6-3)12-14-9-7-8-10-15(14)17/h7-10,13,16,18H,4-6,11-12H2,1-3H3. The molecule has 1 unspecified atom stereocenters. The lowest BCUT2D eigenvalue weighted by atomic mass is 9.89. The van der Waals surface area contributed by atoms with Gasteiger partial charge in [0.05, 0.1) is 0 Å². The maximum Gasteiger partial charge on any atom is 0.0207 e. The summed E-state index contributed by atoms with van der Waals surface area (Å²) in [7, 11) is 0. The summed E-state index contributed by atoms with van der Waals surface area (Å²) in [4.78, 5) is 0. The molecule has 0 spiro atoms. The molecule has 18 heavy (non-hydrogen) atoms. The summed E-state index contributed by atoms with van der Waals surface area (Å²) in [6, 6.07) is 9.17. The minimum absolute atomic E-state index is 0.596. The molecule has 1 aromatic rings. The van der Waals surface area contributed by atoms with Crippen LogP contribution in [0.5, 0.6) is 0 Å². The quantitative estimate of drug-likeness (QED) is 0.727. The predicted octanol–water partition coefficient (Wildman–Crippen LogP) is 4.80. The number of hydrogen-bond donors (Lipinski definition) is 1. The first kappa shape index (κ1) is 15.7. The molecule has 1 nitrogen and oxygen atoms in total. The van der Waals surface area contributed by atoms with Gasteiger partial charge in [-0.05, 0) is 36.9 Å². The van der Waals surface area contributed by atoms with Crippen LogP contribution in [0.1, 0.15) is 45.6 Å². The average molecular weight is 312 g/mol. The Bertz CT molecular complexity index is 334. The zero-order chi connectivity index (χ0) is 13.4. The highest BCUT2D eigenvalue weighted by molar-refractivity contribution is 9.10. The van der Waals surface area contributed by atoms with Gasteiger partial charge in [-0.2, -0.15) is 0 Å². The lowest BCUT2D eigenvalue weighted by molar-refractivity contribution is 0.332. The Morgan fingerprint density at radius 2 is 1.78 bits per heavy atom. The third-order valence-electron chi connectivity index (χ3n) is 3.67. The van der Waals surface area contributed by atoms with Crippen LogP contribution in [-0.2, 0) is 6.42 Å². The molecular weight excluding hydrogens is 286 g/mol. The first-order valence-electron chi connectivity index (χ1n) is 7.19. The van der Waals surface area contributed by atoms with E-state index in [1.54, 1.807) is 0 Å². The highest BCUT2D eigenvalue weighted by Gasteiger charge is 2.18. The van der Waals surface area contributed by atoms with Gasteiger partial charge in [0.2, 0.25) is 0 Å². The summed E-state index contributed by atoms with van der Waals surface area (Å²) >= 11 is 3.66. The Labute approximate surface area is 120 Å². The Morgan fingerprint density at radius 3 is 2.33 bits per heavy atom. The molecule has 0 saturated heterocycles. The molecule has 0 aliphatic heterocycles. The fourth-order valence-electron chi connectivity index (χ4n) is 2.49. The number of rotatable bonds is 8. The molecule has 0 heterocycles. The van der Waals surface area contributed by atoms with E-state index in [-0.39, 0.29) is 0 Å². The minimum atomic E-state index is 0.596. The molecule has 0 aliphatic carbocycles. The van der Waals surface area contributed by atoms with Crippen LogP contribution in [0.2, 0.25) is 0 Å². The van der Waals surface area contributed by atoms with E-state index in [0.29, 0.717) is 6.04 Å². The van der Waals surface area contributed by atoms with Gasteiger partial charge in [-0.25, -0.2) is 0 Å². The van der Waals surface area contributed by atoms with Crippen LogP contribution in [0.25, 0.3) is 0 Å². The van der Waals surface area contributed by atoms with Crippen molar-refractivity contribution >= 4 is 15.9 Å². The molecular formula is C16H26BrN. The molecule has 1 N–H and O–H groups in total. The fraction of sp³-hybridized carbons (Fsp3) is 0.625. The topological polar surface area (TPSA) is 12.0 Å². The Balaban J connectivity index is 2.74. The smallest absolute Gasteiger partial charge is 0.0207 e. The van der Waals surface area contributed by atoms with Crippen LogP contribution in [-0.4, -0.2) is 12.6 Å². The lowest BCUT2D eigenvalue weighted by Crippen LogP contribution is -2.38. The number of benzene rings is 1. The van der Waals surface area contributed by atoms with Gasteiger partial charge in [0.1, 0.15) is 0 Å². The molecule has 2 heteroatoms. The van der Waals surface area contributed by atoms with Gasteiger partial charge in [-0.15, -0.1) is 0 Å². The SMILES string of the molecule is CCCNC(Cc1ccccc1Br)C(CC)CC. The van der Waals surface area contributed by atoms with E-state index < -0.39 is 0 Å². The van der Waals surface area contributed by atoms with Gasteiger partial charge in [0.15, 0.2) is 0 Å². The minimum Gasteiger partial charge on any atom is -0.313 e. The summed E-state index contributed by atoms with van der Waals surface area (Å²) in [6.45, 7) is 7.95. The van der Waals surface area contributed by atoms with Gasteiger partial charge < -0.3 is 5.32 Å². The molecule has 0 fully saturated rings. The first-order valence-corrected chi connectivity index (χ1v) is 7.98. The second-order valence-corrected chi connectivity index (χ2v) is 5.79. The van der Waals surface area contributed by atoms with Gasteiger partial charge >= 0.3 is 0 Å². The van der Waals surface area contributed by atoms with Crippen molar-refractivity contribution in [2.24, 2.45) is 5.92 Å². The zero-order valence-corrected chi connectivity index (χ0v) is 13.5. The predicted molar refractivity (Wildman–Crippen MR) is 84.0 cm³/mol. The summed E-state index contributed by atoms with van der Waals surface area (Å²) < 4.78 is 1.24. The highest BCUT2D eigenvalue weighted by atomic mass is 79.9.